The highest BCUT2D eigenvalue weighted by Gasteiger charge is 2.39. The molecule has 2 saturated heterocycles. The fraction of sp³-hybridized carbons (Fsp3) is 0.692. The van der Waals surface area contributed by atoms with Crippen LogP contribution in [0.15, 0.2) is 16.0 Å². The van der Waals surface area contributed by atoms with Crippen LogP contribution in [0.3, 0.4) is 0 Å². The summed E-state index contributed by atoms with van der Waals surface area (Å²) in [4.78, 5) is 2.29. The van der Waals surface area contributed by atoms with E-state index in [0.717, 1.165) is 43.9 Å². The van der Waals surface area contributed by atoms with Crippen molar-refractivity contribution < 1.29 is 0 Å². The maximum absolute atomic E-state index is 9.61. The van der Waals surface area contributed by atoms with Crippen LogP contribution in [0.1, 0.15) is 32.1 Å². The van der Waals surface area contributed by atoms with Crippen molar-refractivity contribution in [1.29, 1.82) is 5.26 Å². The van der Waals surface area contributed by atoms with E-state index in [9.17, 15) is 5.26 Å². The van der Waals surface area contributed by atoms with Gasteiger partial charge in [0.15, 0.2) is 11.4 Å². The third-order valence-electron chi connectivity index (χ3n) is 4.14. The molecule has 3 aliphatic rings. The summed E-state index contributed by atoms with van der Waals surface area (Å²) < 4.78 is 7.19. The minimum absolute atomic E-state index is 0.791. The van der Waals surface area contributed by atoms with Crippen LogP contribution in [-0.2, 0) is 11.8 Å². The van der Waals surface area contributed by atoms with Crippen LogP contribution in [0.2, 0.25) is 0 Å². The van der Waals surface area contributed by atoms with Crippen LogP contribution in [0.5, 0.6) is 0 Å². The molecule has 108 valence electrons. The normalized spacial score (nSPS) is 30.1. The highest BCUT2D eigenvalue weighted by molar-refractivity contribution is 8.69. The number of hydrogen-bond acceptors (Lipinski definition) is 4. The van der Waals surface area contributed by atoms with Crippen molar-refractivity contribution in [2.75, 3.05) is 25.9 Å². The first kappa shape index (κ1) is 14.4. The van der Waals surface area contributed by atoms with Gasteiger partial charge in [-0.2, -0.15) is 5.26 Å². The molecular weight excluding hydrogens is 307 g/mol. The molecule has 0 aromatic rings. The molecule has 0 aliphatic carbocycles. The second kappa shape index (κ2) is 5.71. The summed E-state index contributed by atoms with van der Waals surface area (Å²) >= 11 is 7.58. The van der Waals surface area contributed by atoms with Crippen molar-refractivity contribution in [2.45, 2.75) is 32.1 Å². The summed E-state index contributed by atoms with van der Waals surface area (Å²) in [7, 11) is 0. The number of hydrogen-bond donors (Lipinski definition) is 0. The Bertz CT molecular complexity index is 557. The van der Waals surface area contributed by atoms with Crippen LogP contribution in [0, 0.1) is 11.3 Å². The lowest BCUT2D eigenvalue weighted by molar-refractivity contribution is 0.342. The van der Waals surface area contributed by atoms with Crippen molar-refractivity contribution in [2.24, 2.45) is 4.76 Å². The van der Waals surface area contributed by atoms with Gasteiger partial charge in [-0.05, 0) is 50.2 Å². The first-order valence-electron chi connectivity index (χ1n) is 7.12. The molecule has 0 aromatic heterocycles. The zero-order chi connectivity index (χ0) is 14.2. The quantitative estimate of drug-likeness (QED) is 0.691. The Labute approximate surface area is 129 Å². The number of allylic oxidation sites excluding steroid dienone is 1. The zero-order valence-corrected chi connectivity index (χ0v) is 14.2. The van der Waals surface area contributed by atoms with E-state index in [1.54, 1.807) is 11.4 Å². The summed E-state index contributed by atoms with van der Waals surface area (Å²) in [6.45, 7) is 3.00. The maximum atomic E-state index is 9.61. The van der Waals surface area contributed by atoms with Crippen molar-refractivity contribution in [3.63, 3.8) is 0 Å². The highest BCUT2D eigenvalue weighted by Crippen LogP contribution is 2.67. The Balaban J connectivity index is 2.05. The fourth-order valence-corrected chi connectivity index (χ4v) is 7.26. The Hall–Kier alpha value is -0.500. The summed E-state index contributed by atoms with van der Waals surface area (Å²) in [6, 6.07) is 2.41. The SMILES string of the molecule is CS[P@]1(=S)N=C(N2CCCCC2)C(C#N)=C2CCCN21. The standard InChI is InChI=1S/C13H19N4PS2/c1-20-18(19)15-13(16-7-3-2-4-8-16)11(10-14)12-6-5-9-17(12)18/h2-9H2,1H3/t18-/m1/s1. The molecule has 3 heterocycles. The highest BCUT2D eigenvalue weighted by atomic mass is 32.9. The topological polar surface area (TPSA) is 42.6 Å². The molecule has 0 amide bonds. The molecule has 4 nitrogen and oxygen atoms in total. The second-order valence-corrected chi connectivity index (χ2v) is 12.2. The van der Waals surface area contributed by atoms with E-state index >= 15 is 0 Å². The third kappa shape index (κ3) is 2.30. The van der Waals surface area contributed by atoms with Crippen LogP contribution in [0.4, 0.5) is 0 Å². The van der Waals surface area contributed by atoms with Crippen molar-refractivity contribution in [3.05, 3.63) is 11.3 Å². The van der Waals surface area contributed by atoms with Crippen LogP contribution < -0.4 is 0 Å². The Kier molecular flexibility index (Phi) is 4.12. The number of rotatable bonds is 1. The van der Waals surface area contributed by atoms with Gasteiger partial charge in [-0.3, -0.25) is 0 Å². The van der Waals surface area contributed by atoms with Gasteiger partial charge in [0.25, 0.3) is 0 Å². The molecule has 1 atom stereocenters. The predicted octanol–water partition coefficient (Wildman–Crippen LogP) is 3.35. The molecule has 0 spiro atoms. The van der Waals surface area contributed by atoms with Crippen LogP contribution in [0.25, 0.3) is 0 Å². The Morgan fingerprint density at radius 3 is 2.65 bits per heavy atom. The van der Waals surface area contributed by atoms with Gasteiger partial charge in [-0.15, -0.1) is 0 Å². The molecule has 2 fully saturated rings. The van der Waals surface area contributed by atoms with Crippen LogP contribution in [-0.4, -0.2) is 41.3 Å². The van der Waals surface area contributed by atoms with E-state index in [0.29, 0.717) is 0 Å². The Morgan fingerprint density at radius 2 is 2.00 bits per heavy atom. The van der Waals surface area contributed by atoms with Crippen molar-refractivity contribution in [3.8, 4) is 6.07 Å². The average molecular weight is 326 g/mol. The maximum Gasteiger partial charge on any atom is 0.199 e. The minimum Gasteiger partial charge on any atom is -0.355 e. The number of amidine groups is 1. The number of likely N-dealkylation sites (tertiary alicyclic amines) is 1. The van der Waals surface area contributed by atoms with Crippen molar-refractivity contribution >= 4 is 34.6 Å². The molecular formula is C13H19N4PS2. The van der Waals surface area contributed by atoms with Crippen LogP contribution >= 0.6 is 16.9 Å². The summed E-state index contributed by atoms with van der Waals surface area (Å²) in [5, 5.41) is 9.61. The van der Waals surface area contributed by atoms with E-state index in [4.69, 9.17) is 16.6 Å². The minimum atomic E-state index is -1.95. The third-order valence-corrected chi connectivity index (χ3v) is 10.5. The van der Waals surface area contributed by atoms with Gasteiger partial charge in [0.05, 0.1) is 0 Å². The number of fused-ring (bicyclic) bond motifs is 1. The largest absolute Gasteiger partial charge is 0.355 e. The first-order chi connectivity index (χ1) is 9.69. The van der Waals surface area contributed by atoms with E-state index in [-0.39, 0.29) is 0 Å². The number of nitriles is 1. The lowest BCUT2D eigenvalue weighted by Crippen LogP contribution is -2.39. The average Bonchev–Trinajstić information content (AvgIpc) is 2.98. The van der Waals surface area contributed by atoms with Gasteiger partial charge in [0.2, 0.25) is 0 Å². The van der Waals surface area contributed by atoms with Gasteiger partial charge < -0.3 is 9.57 Å². The van der Waals surface area contributed by atoms with E-state index in [2.05, 4.69) is 21.9 Å². The van der Waals surface area contributed by atoms with Gasteiger partial charge in [0, 0.05) is 25.3 Å². The molecule has 0 unspecified atom stereocenters. The summed E-state index contributed by atoms with van der Waals surface area (Å²) in [6.07, 6.45) is 7.81. The summed E-state index contributed by atoms with van der Waals surface area (Å²) in [5.41, 5.74) is 0.00726. The molecule has 7 heteroatoms. The van der Waals surface area contributed by atoms with E-state index in [1.165, 1.54) is 25.0 Å². The smallest absolute Gasteiger partial charge is 0.199 e. The molecule has 0 bridgehead atoms. The summed E-state index contributed by atoms with van der Waals surface area (Å²) in [5.74, 6) is 0.901. The van der Waals surface area contributed by atoms with Gasteiger partial charge >= 0.3 is 0 Å². The fourth-order valence-electron chi connectivity index (χ4n) is 3.13. The zero-order valence-electron chi connectivity index (χ0n) is 11.7. The number of piperidine rings is 1. The number of nitrogens with zero attached hydrogens (tertiary/aromatic N) is 4. The Morgan fingerprint density at radius 1 is 1.25 bits per heavy atom. The molecule has 0 aromatic carbocycles. The molecule has 0 saturated carbocycles. The van der Waals surface area contributed by atoms with Gasteiger partial charge in [0.1, 0.15) is 11.6 Å². The predicted molar refractivity (Wildman–Crippen MR) is 89.2 cm³/mol. The second-order valence-electron chi connectivity index (χ2n) is 5.30. The molecule has 3 rings (SSSR count). The lowest BCUT2D eigenvalue weighted by Gasteiger charge is -2.38. The van der Waals surface area contributed by atoms with Gasteiger partial charge in [-0.25, -0.2) is 4.76 Å². The first-order valence-corrected chi connectivity index (χ1v) is 11.7. The molecule has 0 radical (unpaired) electrons. The lowest BCUT2D eigenvalue weighted by atomic mass is 10.1. The van der Waals surface area contributed by atoms with E-state index < -0.39 is 5.54 Å². The van der Waals surface area contributed by atoms with Gasteiger partial charge in [-0.1, -0.05) is 11.4 Å². The molecule has 3 aliphatic heterocycles. The monoisotopic (exact) mass is 326 g/mol. The van der Waals surface area contributed by atoms with E-state index in [1.807, 2.05) is 0 Å². The molecule has 20 heavy (non-hydrogen) atoms. The molecule has 0 N–H and O–H groups in total. The van der Waals surface area contributed by atoms with Crippen molar-refractivity contribution in [1.82, 2.24) is 9.57 Å².